The minimum atomic E-state index is -0.887. The molecule has 0 aromatic carbocycles. The molecule has 0 radical (unpaired) electrons. The van der Waals surface area contributed by atoms with Gasteiger partial charge in [-0.2, -0.15) is 0 Å². The van der Waals surface area contributed by atoms with Gasteiger partial charge < -0.3 is 19.8 Å². The zero-order valence-electron chi connectivity index (χ0n) is 27.7. The molecule has 3 N–H and O–H groups in total. The molecule has 0 aliphatic heterocycles. The van der Waals surface area contributed by atoms with Crippen LogP contribution in [0.25, 0.3) is 0 Å². The molecule has 42 heavy (non-hydrogen) atoms. The number of hydrogen-bond acceptors (Lipinski definition) is 3. The highest BCUT2D eigenvalue weighted by Crippen LogP contribution is 2.25. The van der Waals surface area contributed by atoms with Gasteiger partial charge in [-0.15, -0.1) is 0 Å². The predicted octanol–water partition coefficient (Wildman–Crippen LogP) is 8.95. The molecular formula is C35H66NO6+. The average Bonchev–Trinajstić information content (AvgIpc) is 2.96. The standard InChI is InChI=1S/C35H65NO6/c1-5-9-10-11-12-13-14-15-16-17-18-19-20-21-22-23-24-25-26-36(27-30(6-2)33(37)38,28-31(7-3)34(39)40)29-32(8-4)35(41)42/h5,9,30-32H,6-8,10-29H2,1-4H3,(H2-,37,38,39,40,41,42)/p+1/b9-5+. The van der Waals surface area contributed by atoms with E-state index in [4.69, 9.17) is 0 Å². The Morgan fingerprint density at radius 2 is 0.810 bits per heavy atom. The maximum absolute atomic E-state index is 12.0. The molecule has 0 saturated heterocycles. The lowest BCUT2D eigenvalue weighted by Crippen LogP contribution is -2.58. The quantitative estimate of drug-likeness (QED) is 0.0433. The van der Waals surface area contributed by atoms with Crippen LogP contribution in [0.3, 0.4) is 0 Å². The number of allylic oxidation sites excluding steroid dienone is 2. The fourth-order valence-electron chi connectivity index (χ4n) is 6.22. The highest BCUT2D eigenvalue weighted by atomic mass is 16.4. The minimum absolute atomic E-state index is 0.261. The van der Waals surface area contributed by atoms with Gasteiger partial charge in [0.2, 0.25) is 0 Å². The third kappa shape index (κ3) is 19.3. The van der Waals surface area contributed by atoms with Gasteiger partial charge in [0, 0.05) is 0 Å². The SMILES string of the molecule is C/C=C/CCCCCCCCCCCCCCCCC[N+](CC(CC)C(=O)O)(CC(CC)C(=O)O)CC(CC)C(=O)O. The van der Waals surface area contributed by atoms with E-state index in [1.165, 1.54) is 83.5 Å². The first-order chi connectivity index (χ1) is 20.2. The molecule has 0 aromatic rings. The lowest BCUT2D eigenvalue weighted by molar-refractivity contribution is -0.935. The van der Waals surface area contributed by atoms with E-state index in [-0.39, 0.29) is 24.1 Å². The Morgan fingerprint density at radius 1 is 0.524 bits per heavy atom. The summed E-state index contributed by atoms with van der Waals surface area (Å²) in [5.74, 6) is -4.50. The molecule has 0 saturated carbocycles. The number of carbonyl (C=O) groups is 3. The van der Waals surface area contributed by atoms with Crippen LogP contribution < -0.4 is 0 Å². The first-order valence-corrected chi connectivity index (χ1v) is 17.3. The van der Waals surface area contributed by atoms with E-state index in [9.17, 15) is 29.7 Å². The fraction of sp³-hybridized carbons (Fsp3) is 0.857. The third-order valence-corrected chi connectivity index (χ3v) is 9.09. The van der Waals surface area contributed by atoms with Gasteiger partial charge in [-0.3, -0.25) is 14.4 Å². The van der Waals surface area contributed by atoms with Crippen LogP contribution in [0.1, 0.15) is 150 Å². The molecule has 0 aromatic heterocycles. The molecule has 7 heteroatoms. The van der Waals surface area contributed by atoms with Crippen molar-refractivity contribution in [3.63, 3.8) is 0 Å². The van der Waals surface area contributed by atoms with Crippen molar-refractivity contribution in [2.45, 2.75) is 150 Å². The normalized spacial score (nSPS) is 15.3. The van der Waals surface area contributed by atoms with Crippen LogP contribution in [0, 0.1) is 17.8 Å². The van der Waals surface area contributed by atoms with Gasteiger partial charge in [0.25, 0.3) is 0 Å². The summed E-state index contributed by atoms with van der Waals surface area (Å²) in [4.78, 5) is 36.0. The van der Waals surface area contributed by atoms with Crippen molar-refractivity contribution in [3.05, 3.63) is 12.2 Å². The Morgan fingerprint density at radius 3 is 1.07 bits per heavy atom. The third-order valence-electron chi connectivity index (χ3n) is 9.09. The highest BCUT2D eigenvalue weighted by molar-refractivity contribution is 5.71. The van der Waals surface area contributed by atoms with Gasteiger partial charge in [0.1, 0.15) is 17.8 Å². The Bertz CT molecular complexity index is 677. The molecule has 0 bridgehead atoms. The maximum Gasteiger partial charge on any atom is 0.312 e. The molecule has 0 spiro atoms. The summed E-state index contributed by atoms with van der Waals surface area (Å²) in [5, 5.41) is 29.5. The van der Waals surface area contributed by atoms with Crippen LogP contribution in [0.5, 0.6) is 0 Å². The first-order valence-electron chi connectivity index (χ1n) is 17.3. The average molecular weight is 597 g/mol. The number of rotatable bonds is 30. The zero-order chi connectivity index (χ0) is 31.6. The second-order valence-electron chi connectivity index (χ2n) is 12.6. The Balaban J connectivity index is 4.66. The zero-order valence-corrected chi connectivity index (χ0v) is 27.7. The van der Waals surface area contributed by atoms with Crippen LogP contribution in [-0.2, 0) is 14.4 Å². The molecule has 0 amide bonds. The second kappa shape index (κ2) is 25.6. The summed E-state index contributed by atoms with van der Waals surface area (Å²) in [7, 11) is 0. The molecule has 246 valence electrons. The predicted molar refractivity (Wildman–Crippen MR) is 173 cm³/mol. The van der Waals surface area contributed by atoms with Crippen molar-refractivity contribution < 1.29 is 34.2 Å². The molecule has 0 aliphatic rings. The summed E-state index contributed by atoms with van der Waals surface area (Å²) in [6, 6.07) is 0. The summed E-state index contributed by atoms with van der Waals surface area (Å²) in [6.45, 7) is 9.10. The van der Waals surface area contributed by atoms with Gasteiger partial charge in [0.05, 0.1) is 26.2 Å². The van der Waals surface area contributed by atoms with Crippen molar-refractivity contribution >= 4 is 17.9 Å². The monoisotopic (exact) mass is 596 g/mol. The van der Waals surface area contributed by atoms with E-state index in [1.807, 2.05) is 20.8 Å². The molecular weight excluding hydrogens is 530 g/mol. The van der Waals surface area contributed by atoms with Crippen LogP contribution in [-0.4, -0.2) is 63.9 Å². The van der Waals surface area contributed by atoms with E-state index in [2.05, 4.69) is 19.1 Å². The molecule has 0 heterocycles. The van der Waals surface area contributed by atoms with Crippen molar-refractivity contribution in [1.82, 2.24) is 0 Å². The number of hydrogen-bond donors (Lipinski definition) is 3. The van der Waals surface area contributed by atoms with E-state index >= 15 is 0 Å². The summed E-state index contributed by atoms with van der Waals surface area (Å²) in [5.41, 5.74) is 0. The van der Waals surface area contributed by atoms with Crippen LogP contribution in [0.15, 0.2) is 12.2 Å². The number of aliphatic carboxylic acids is 3. The maximum atomic E-state index is 12.0. The van der Waals surface area contributed by atoms with E-state index in [1.54, 1.807) is 0 Å². The van der Waals surface area contributed by atoms with Crippen molar-refractivity contribution in [1.29, 1.82) is 0 Å². The van der Waals surface area contributed by atoms with Crippen LogP contribution in [0.2, 0.25) is 0 Å². The van der Waals surface area contributed by atoms with Gasteiger partial charge in [-0.1, -0.05) is 110 Å². The van der Waals surface area contributed by atoms with Crippen LogP contribution in [0.4, 0.5) is 0 Å². The van der Waals surface area contributed by atoms with E-state index in [0.717, 1.165) is 19.3 Å². The molecule has 0 rings (SSSR count). The number of quaternary nitrogens is 1. The highest BCUT2D eigenvalue weighted by Gasteiger charge is 2.40. The molecule has 0 aliphatic carbocycles. The summed E-state index contributed by atoms with van der Waals surface area (Å²) < 4.78 is 0.261. The minimum Gasteiger partial charge on any atom is -0.481 e. The topological polar surface area (TPSA) is 112 Å². The first kappa shape index (κ1) is 40.1. The molecule has 7 nitrogen and oxygen atoms in total. The van der Waals surface area contributed by atoms with E-state index in [0.29, 0.717) is 25.8 Å². The van der Waals surface area contributed by atoms with Crippen molar-refractivity contribution in [2.75, 3.05) is 26.2 Å². The molecule has 3 atom stereocenters. The fourth-order valence-corrected chi connectivity index (χ4v) is 6.22. The number of carboxylic acids is 3. The Labute approximate surface area is 257 Å². The summed E-state index contributed by atoms with van der Waals surface area (Å²) >= 11 is 0. The second-order valence-corrected chi connectivity index (χ2v) is 12.6. The summed E-state index contributed by atoms with van der Waals surface area (Å²) in [6.07, 6.45) is 25.7. The number of unbranched alkanes of at least 4 members (excludes halogenated alkanes) is 15. The number of nitrogens with zero attached hydrogens (tertiary/aromatic N) is 1. The smallest absolute Gasteiger partial charge is 0.312 e. The lowest BCUT2D eigenvalue weighted by Gasteiger charge is -2.43. The lowest BCUT2D eigenvalue weighted by atomic mass is 9.95. The molecule has 3 unspecified atom stereocenters. The van der Waals surface area contributed by atoms with Gasteiger partial charge in [-0.25, -0.2) is 0 Å². The number of carboxylic acid groups (broad SMARTS) is 3. The van der Waals surface area contributed by atoms with E-state index < -0.39 is 35.7 Å². The van der Waals surface area contributed by atoms with Gasteiger partial charge >= 0.3 is 17.9 Å². The van der Waals surface area contributed by atoms with Crippen LogP contribution >= 0.6 is 0 Å². The van der Waals surface area contributed by atoms with Crippen molar-refractivity contribution in [3.8, 4) is 0 Å². The Hall–Kier alpha value is -1.89. The molecule has 0 fully saturated rings. The van der Waals surface area contributed by atoms with Gasteiger partial charge in [0.15, 0.2) is 0 Å². The Kier molecular flexibility index (Phi) is 24.4. The largest absolute Gasteiger partial charge is 0.481 e. The van der Waals surface area contributed by atoms with Crippen molar-refractivity contribution in [2.24, 2.45) is 17.8 Å². The van der Waals surface area contributed by atoms with Gasteiger partial charge in [-0.05, 0) is 51.9 Å².